The van der Waals surface area contributed by atoms with Crippen molar-refractivity contribution < 1.29 is 9.53 Å². The number of pyridine rings is 1. The molecule has 0 radical (unpaired) electrons. The van der Waals surface area contributed by atoms with Gasteiger partial charge in [0.1, 0.15) is 13.3 Å². The summed E-state index contributed by atoms with van der Waals surface area (Å²) in [5.41, 5.74) is 3.71. The number of aromatic nitrogens is 1. The van der Waals surface area contributed by atoms with Crippen LogP contribution in [0.4, 0.5) is 0 Å². The largest absolute Gasteiger partial charge is 0.482 e. The van der Waals surface area contributed by atoms with E-state index in [4.69, 9.17) is 4.74 Å². The maximum atomic E-state index is 13.2. The fraction of sp³-hybridized carbons (Fsp3) is 0.364. The molecule has 0 saturated heterocycles. The SMILES string of the molecule is C=CC1(N2CNn3ccc(=O)c(OCc4ccccc4)c3C2=O)CCC1.CC. The number of carbonyl (C=O) groups excluding carboxylic acids is 1. The van der Waals surface area contributed by atoms with Crippen LogP contribution >= 0.6 is 0 Å². The van der Waals surface area contributed by atoms with Crippen molar-refractivity contribution in [1.82, 2.24) is 9.58 Å². The summed E-state index contributed by atoms with van der Waals surface area (Å²) in [5, 5.41) is 0. The number of nitrogens with zero attached hydrogens (tertiary/aromatic N) is 2. The molecule has 6 nitrogen and oxygen atoms in total. The summed E-state index contributed by atoms with van der Waals surface area (Å²) in [6.07, 6.45) is 6.26. The highest BCUT2D eigenvalue weighted by molar-refractivity contribution is 5.97. The minimum absolute atomic E-state index is 0.0806. The Kier molecular flexibility index (Phi) is 5.87. The normalized spacial score (nSPS) is 16.6. The predicted octanol–water partition coefficient (Wildman–Crippen LogP) is 3.52. The molecule has 1 N–H and O–H groups in total. The van der Waals surface area contributed by atoms with E-state index in [0.717, 1.165) is 24.8 Å². The fourth-order valence-electron chi connectivity index (χ4n) is 3.55. The second-order valence-corrected chi connectivity index (χ2v) is 6.71. The first kappa shape index (κ1) is 19.7. The van der Waals surface area contributed by atoms with Gasteiger partial charge in [-0.05, 0) is 24.8 Å². The van der Waals surface area contributed by atoms with Crippen LogP contribution in [0.25, 0.3) is 0 Å². The second-order valence-electron chi connectivity index (χ2n) is 6.71. The van der Waals surface area contributed by atoms with Crippen LogP contribution in [0, 0.1) is 0 Å². The third-order valence-corrected chi connectivity index (χ3v) is 5.26. The number of amides is 1. The smallest absolute Gasteiger partial charge is 0.278 e. The van der Waals surface area contributed by atoms with Crippen molar-refractivity contribution in [2.45, 2.75) is 45.3 Å². The van der Waals surface area contributed by atoms with E-state index in [9.17, 15) is 9.59 Å². The van der Waals surface area contributed by atoms with E-state index in [1.54, 1.807) is 15.8 Å². The first-order valence-electron chi connectivity index (χ1n) is 9.76. The van der Waals surface area contributed by atoms with Gasteiger partial charge in [0.25, 0.3) is 5.91 Å². The van der Waals surface area contributed by atoms with Gasteiger partial charge in [-0.1, -0.05) is 50.3 Å². The molecule has 2 aromatic rings. The van der Waals surface area contributed by atoms with E-state index in [1.807, 2.05) is 50.3 Å². The van der Waals surface area contributed by atoms with Crippen LogP contribution in [-0.2, 0) is 6.61 Å². The van der Waals surface area contributed by atoms with Gasteiger partial charge in [0.05, 0.1) is 5.54 Å². The molecule has 2 heterocycles. The summed E-state index contributed by atoms with van der Waals surface area (Å²) in [4.78, 5) is 27.4. The molecule has 148 valence electrons. The third kappa shape index (κ3) is 3.42. The molecule has 0 atom stereocenters. The molecule has 1 aliphatic heterocycles. The molecule has 1 fully saturated rings. The summed E-state index contributed by atoms with van der Waals surface area (Å²) in [5.74, 6) is -0.124. The zero-order valence-corrected chi connectivity index (χ0v) is 16.5. The van der Waals surface area contributed by atoms with Gasteiger partial charge < -0.3 is 15.1 Å². The van der Waals surface area contributed by atoms with Gasteiger partial charge in [-0.2, -0.15) is 0 Å². The standard InChI is InChI=1S/C20H21N3O3.C2H6/c1-2-20(10-6-11-20)22-14-21-23-12-9-16(24)18(17(23)19(22)25)26-13-15-7-4-3-5-8-15;1-2/h2-5,7-9,12,21H,1,6,10-11,13-14H2;1-2H3. The lowest BCUT2D eigenvalue weighted by molar-refractivity contribution is 0.0332. The minimum Gasteiger partial charge on any atom is -0.482 e. The van der Waals surface area contributed by atoms with E-state index in [-0.39, 0.29) is 34.9 Å². The zero-order valence-electron chi connectivity index (χ0n) is 16.5. The molecule has 0 unspecified atom stereocenters. The van der Waals surface area contributed by atoms with Crippen molar-refractivity contribution in [3.8, 4) is 5.75 Å². The fourth-order valence-corrected chi connectivity index (χ4v) is 3.55. The number of benzene rings is 1. The van der Waals surface area contributed by atoms with E-state index in [0.29, 0.717) is 6.67 Å². The van der Waals surface area contributed by atoms with Crippen LogP contribution in [0.2, 0.25) is 0 Å². The first-order valence-corrected chi connectivity index (χ1v) is 9.76. The van der Waals surface area contributed by atoms with Crippen LogP contribution in [0.3, 0.4) is 0 Å². The van der Waals surface area contributed by atoms with Crippen LogP contribution in [-0.4, -0.2) is 27.7 Å². The molecule has 0 bridgehead atoms. The number of rotatable bonds is 5. The Bertz CT molecular complexity index is 901. The molecule has 2 aliphatic rings. The quantitative estimate of drug-likeness (QED) is 0.805. The molecule has 1 amide bonds. The van der Waals surface area contributed by atoms with Crippen LogP contribution in [0.15, 0.2) is 60.0 Å². The number of hydrogen-bond acceptors (Lipinski definition) is 4. The highest BCUT2D eigenvalue weighted by Crippen LogP contribution is 2.40. The van der Waals surface area contributed by atoms with Crippen molar-refractivity contribution in [1.29, 1.82) is 0 Å². The van der Waals surface area contributed by atoms with Gasteiger partial charge in [0.2, 0.25) is 5.43 Å². The maximum absolute atomic E-state index is 13.2. The molecule has 1 saturated carbocycles. The van der Waals surface area contributed by atoms with Crippen molar-refractivity contribution in [3.05, 3.63) is 76.7 Å². The molecule has 1 aromatic heterocycles. The molecule has 28 heavy (non-hydrogen) atoms. The Balaban J connectivity index is 0.00000109. The topological polar surface area (TPSA) is 63.6 Å². The second kappa shape index (κ2) is 8.33. The average Bonchev–Trinajstić information content (AvgIpc) is 2.71. The number of nitrogens with one attached hydrogen (secondary N) is 1. The number of ether oxygens (including phenoxy) is 1. The summed E-state index contributed by atoms with van der Waals surface area (Å²) in [6, 6.07) is 11.0. The van der Waals surface area contributed by atoms with Crippen molar-refractivity contribution in [2.75, 3.05) is 12.1 Å². The Morgan fingerprint density at radius 3 is 2.50 bits per heavy atom. The average molecular weight is 381 g/mol. The molecule has 1 aliphatic carbocycles. The van der Waals surface area contributed by atoms with Crippen molar-refractivity contribution in [2.24, 2.45) is 0 Å². The summed E-state index contributed by atoms with van der Waals surface area (Å²) < 4.78 is 7.37. The van der Waals surface area contributed by atoms with Crippen LogP contribution in [0.1, 0.15) is 49.2 Å². The van der Waals surface area contributed by atoms with E-state index < -0.39 is 0 Å². The molecule has 6 heteroatoms. The predicted molar refractivity (Wildman–Crippen MR) is 110 cm³/mol. The van der Waals surface area contributed by atoms with E-state index in [2.05, 4.69) is 12.0 Å². The Morgan fingerprint density at radius 2 is 1.89 bits per heavy atom. The Morgan fingerprint density at radius 1 is 1.18 bits per heavy atom. The lowest BCUT2D eigenvalue weighted by Gasteiger charge is -2.50. The third-order valence-electron chi connectivity index (χ3n) is 5.26. The molecule has 1 aromatic carbocycles. The molecule has 4 rings (SSSR count). The van der Waals surface area contributed by atoms with Gasteiger partial charge in [-0.15, -0.1) is 6.58 Å². The lowest BCUT2D eigenvalue weighted by Crippen LogP contribution is -2.60. The Labute approximate surface area is 165 Å². The zero-order chi connectivity index (χ0) is 20.1. The number of fused-ring (bicyclic) bond motifs is 1. The summed E-state index contributed by atoms with van der Waals surface area (Å²) in [6.45, 7) is 8.52. The van der Waals surface area contributed by atoms with Crippen LogP contribution < -0.4 is 15.6 Å². The molecular weight excluding hydrogens is 354 g/mol. The minimum atomic E-state index is -0.335. The highest BCUT2D eigenvalue weighted by atomic mass is 16.5. The van der Waals surface area contributed by atoms with Crippen molar-refractivity contribution in [3.63, 3.8) is 0 Å². The summed E-state index contributed by atoms with van der Waals surface area (Å²) >= 11 is 0. The van der Waals surface area contributed by atoms with Crippen LogP contribution in [0.5, 0.6) is 5.75 Å². The van der Waals surface area contributed by atoms with Gasteiger partial charge in [-0.3, -0.25) is 14.3 Å². The monoisotopic (exact) mass is 381 g/mol. The number of hydrogen-bond donors (Lipinski definition) is 1. The maximum Gasteiger partial charge on any atom is 0.278 e. The summed E-state index contributed by atoms with van der Waals surface area (Å²) in [7, 11) is 0. The molecular formula is C22H27N3O3. The van der Waals surface area contributed by atoms with Gasteiger partial charge in [0, 0.05) is 12.3 Å². The van der Waals surface area contributed by atoms with E-state index >= 15 is 0 Å². The lowest BCUT2D eigenvalue weighted by atomic mass is 9.75. The first-order chi connectivity index (χ1) is 13.6. The molecule has 0 spiro atoms. The number of carbonyl (C=O) groups is 1. The van der Waals surface area contributed by atoms with Gasteiger partial charge in [0.15, 0.2) is 11.4 Å². The Hall–Kier alpha value is -3.02. The highest BCUT2D eigenvalue weighted by Gasteiger charge is 2.45. The van der Waals surface area contributed by atoms with E-state index in [1.165, 1.54) is 6.07 Å². The van der Waals surface area contributed by atoms with Gasteiger partial charge in [-0.25, -0.2) is 0 Å². The van der Waals surface area contributed by atoms with Gasteiger partial charge >= 0.3 is 0 Å². The van der Waals surface area contributed by atoms with Crippen molar-refractivity contribution >= 4 is 5.91 Å².